The molecule has 1 N–H and O–H groups in total. The number of nitrogens with one attached hydrogen (secondary N) is 1. The molecule has 23 heavy (non-hydrogen) atoms. The van der Waals surface area contributed by atoms with E-state index >= 15 is 0 Å². The molecule has 1 aliphatic carbocycles. The second-order valence-corrected chi connectivity index (χ2v) is 6.76. The van der Waals surface area contributed by atoms with Crippen LogP contribution in [0.15, 0.2) is 18.3 Å². The van der Waals surface area contributed by atoms with Crippen LogP contribution in [0.5, 0.6) is 0 Å². The van der Waals surface area contributed by atoms with Crippen molar-refractivity contribution in [1.82, 2.24) is 15.2 Å². The van der Waals surface area contributed by atoms with Gasteiger partial charge in [0.1, 0.15) is 5.82 Å². The van der Waals surface area contributed by atoms with E-state index in [1.54, 1.807) is 6.92 Å². The lowest BCUT2D eigenvalue weighted by molar-refractivity contribution is -0.129. The summed E-state index contributed by atoms with van der Waals surface area (Å²) < 4.78 is 0. The van der Waals surface area contributed by atoms with E-state index < -0.39 is 0 Å². The third-order valence-electron chi connectivity index (χ3n) is 5.12. The zero-order valence-corrected chi connectivity index (χ0v) is 14.1. The quantitative estimate of drug-likeness (QED) is 0.903. The lowest BCUT2D eigenvalue weighted by atomic mass is 10.1. The molecule has 0 radical (unpaired) electrons. The van der Waals surface area contributed by atoms with Gasteiger partial charge in [-0.15, -0.1) is 0 Å². The highest BCUT2D eigenvalue weighted by Crippen LogP contribution is 2.24. The molecular weight excluding hydrogens is 288 g/mol. The molecular formula is C18H28N4O. The van der Waals surface area contributed by atoms with Gasteiger partial charge in [0.05, 0.1) is 0 Å². The first-order valence-corrected chi connectivity index (χ1v) is 8.89. The van der Waals surface area contributed by atoms with Crippen LogP contribution in [0.3, 0.4) is 0 Å². The fourth-order valence-electron chi connectivity index (χ4n) is 3.71. The molecule has 2 aliphatic rings. The highest BCUT2D eigenvalue weighted by atomic mass is 16.2. The minimum Gasteiger partial charge on any atom is -0.353 e. The number of hydrogen-bond acceptors (Lipinski definition) is 4. The Kier molecular flexibility index (Phi) is 5.49. The van der Waals surface area contributed by atoms with Gasteiger partial charge in [0.15, 0.2) is 0 Å². The van der Waals surface area contributed by atoms with E-state index in [-0.39, 0.29) is 5.91 Å². The first-order valence-electron chi connectivity index (χ1n) is 8.89. The van der Waals surface area contributed by atoms with E-state index in [0.29, 0.717) is 0 Å². The summed E-state index contributed by atoms with van der Waals surface area (Å²) in [5, 5.41) is 3.62. The number of carbonyl (C=O) groups is 1. The molecule has 5 nitrogen and oxygen atoms in total. The Bertz CT molecular complexity index is 520. The maximum atomic E-state index is 11.5. The van der Waals surface area contributed by atoms with Crippen molar-refractivity contribution in [3.8, 4) is 0 Å². The second-order valence-electron chi connectivity index (χ2n) is 6.76. The highest BCUT2D eigenvalue weighted by Gasteiger charge is 2.21. The summed E-state index contributed by atoms with van der Waals surface area (Å²) in [5.41, 5.74) is 1.27. The molecule has 5 heteroatoms. The number of aromatic nitrogens is 1. The molecule has 1 saturated carbocycles. The van der Waals surface area contributed by atoms with Gasteiger partial charge in [0.25, 0.3) is 0 Å². The van der Waals surface area contributed by atoms with Crippen LogP contribution >= 0.6 is 0 Å². The average Bonchev–Trinajstić information content (AvgIpc) is 3.09. The number of hydrogen-bond donors (Lipinski definition) is 1. The Balaban J connectivity index is 1.56. The monoisotopic (exact) mass is 316 g/mol. The van der Waals surface area contributed by atoms with E-state index in [1.807, 2.05) is 17.2 Å². The van der Waals surface area contributed by atoms with Crippen LogP contribution < -0.4 is 10.2 Å². The molecule has 1 saturated heterocycles. The standard InChI is InChI=1S/C18H28N4O/c1-15(23)21-9-11-22(12-10-21)18-17(7-4-8-20-18)14-19-13-16-5-2-3-6-16/h4,7-8,16,19H,2-3,5-6,9-14H2,1H3. The number of carbonyl (C=O) groups excluding carboxylic acids is 1. The molecule has 2 fully saturated rings. The lowest BCUT2D eigenvalue weighted by Crippen LogP contribution is -2.48. The Hall–Kier alpha value is -1.62. The van der Waals surface area contributed by atoms with Crippen molar-refractivity contribution in [3.63, 3.8) is 0 Å². The number of amides is 1. The highest BCUT2D eigenvalue weighted by molar-refractivity contribution is 5.73. The largest absolute Gasteiger partial charge is 0.353 e. The van der Waals surface area contributed by atoms with Crippen LogP contribution in [0.1, 0.15) is 38.2 Å². The van der Waals surface area contributed by atoms with Crippen LogP contribution in [-0.4, -0.2) is 48.5 Å². The molecule has 2 heterocycles. The molecule has 0 atom stereocenters. The summed E-state index contributed by atoms with van der Waals surface area (Å²) in [4.78, 5) is 20.3. The van der Waals surface area contributed by atoms with Gasteiger partial charge in [-0.3, -0.25) is 4.79 Å². The first-order chi connectivity index (χ1) is 11.2. The van der Waals surface area contributed by atoms with Crippen molar-refractivity contribution < 1.29 is 4.79 Å². The zero-order chi connectivity index (χ0) is 16.1. The summed E-state index contributed by atoms with van der Waals surface area (Å²) in [7, 11) is 0. The van der Waals surface area contributed by atoms with Gasteiger partial charge >= 0.3 is 0 Å². The maximum Gasteiger partial charge on any atom is 0.219 e. The predicted molar refractivity (Wildman–Crippen MR) is 92.4 cm³/mol. The molecule has 0 spiro atoms. The van der Waals surface area contributed by atoms with Crippen LogP contribution in [0, 0.1) is 5.92 Å². The lowest BCUT2D eigenvalue weighted by Gasteiger charge is -2.35. The minimum absolute atomic E-state index is 0.170. The van der Waals surface area contributed by atoms with Crippen molar-refractivity contribution in [2.45, 2.75) is 39.2 Å². The van der Waals surface area contributed by atoms with E-state index in [1.165, 1.54) is 31.2 Å². The van der Waals surface area contributed by atoms with Crippen molar-refractivity contribution in [3.05, 3.63) is 23.9 Å². The molecule has 1 aromatic rings. The Labute approximate surface area is 139 Å². The summed E-state index contributed by atoms with van der Waals surface area (Å²) in [6, 6.07) is 4.18. The summed E-state index contributed by atoms with van der Waals surface area (Å²) in [6.07, 6.45) is 7.41. The Morgan fingerprint density at radius 3 is 2.70 bits per heavy atom. The van der Waals surface area contributed by atoms with Gasteiger partial charge in [0, 0.05) is 51.4 Å². The van der Waals surface area contributed by atoms with Crippen molar-refractivity contribution >= 4 is 11.7 Å². The SMILES string of the molecule is CC(=O)N1CCN(c2ncccc2CNCC2CCCC2)CC1. The van der Waals surface area contributed by atoms with E-state index in [2.05, 4.69) is 21.3 Å². The van der Waals surface area contributed by atoms with Gasteiger partial charge in [-0.1, -0.05) is 18.9 Å². The smallest absolute Gasteiger partial charge is 0.219 e. The van der Waals surface area contributed by atoms with Gasteiger partial charge in [-0.2, -0.15) is 0 Å². The van der Waals surface area contributed by atoms with Crippen molar-refractivity contribution in [1.29, 1.82) is 0 Å². The fraction of sp³-hybridized carbons (Fsp3) is 0.667. The molecule has 0 bridgehead atoms. The molecule has 0 unspecified atom stereocenters. The maximum absolute atomic E-state index is 11.5. The molecule has 126 valence electrons. The first kappa shape index (κ1) is 16.2. The molecule has 1 aromatic heterocycles. The van der Waals surface area contributed by atoms with Crippen molar-refractivity contribution in [2.75, 3.05) is 37.6 Å². The van der Waals surface area contributed by atoms with Gasteiger partial charge in [-0.05, 0) is 31.4 Å². The number of piperazine rings is 1. The van der Waals surface area contributed by atoms with Crippen LogP contribution in [0.4, 0.5) is 5.82 Å². The average molecular weight is 316 g/mol. The Morgan fingerprint density at radius 1 is 1.26 bits per heavy atom. The number of anilines is 1. The van der Waals surface area contributed by atoms with Crippen molar-refractivity contribution in [2.24, 2.45) is 5.92 Å². The van der Waals surface area contributed by atoms with E-state index in [4.69, 9.17) is 0 Å². The third-order valence-corrected chi connectivity index (χ3v) is 5.12. The van der Waals surface area contributed by atoms with Crippen LogP contribution in [-0.2, 0) is 11.3 Å². The fourth-order valence-corrected chi connectivity index (χ4v) is 3.71. The summed E-state index contributed by atoms with van der Waals surface area (Å²) in [5.74, 6) is 2.10. The second kappa shape index (κ2) is 7.77. The zero-order valence-electron chi connectivity index (χ0n) is 14.1. The normalized spacial score (nSPS) is 19.3. The summed E-state index contributed by atoms with van der Waals surface area (Å²) in [6.45, 7) is 6.97. The number of nitrogens with zero attached hydrogens (tertiary/aromatic N) is 3. The topological polar surface area (TPSA) is 48.5 Å². The predicted octanol–water partition coefficient (Wildman–Crippen LogP) is 2.03. The molecule has 1 aliphatic heterocycles. The van der Waals surface area contributed by atoms with Gasteiger partial charge < -0.3 is 15.1 Å². The number of rotatable bonds is 5. The van der Waals surface area contributed by atoms with Gasteiger partial charge in [-0.25, -0.2) is 4.98 Å². The van der Waals surface area contributed by atoms with E-state index in [0.717, 1.165) is 51.0 Å². The molecule has 3 rings (SSSR count). The third kappa shape index (κ3) is 4.22. The van der Waals surface area contributed by atoms with Crippen LogP contribution in [0.2, 0.25) is 0 Å². The number of pyridine rings is 1. The van der Waals surface area contributed by atoms with Crippen LogP contribution in [0.25, 0.3) is 0 Å². The van der Waals surface area contributed by atoms with Gasteiger partial charge in [0.2, 0.25) is 5.91 Å². The Morgan fingerprint density at radius 2 is 2.00 bits per heavy atom. The molecule has 1 amide bonds. The molecule has 0 aromatic carbocycles. The minimum atomic E-state index is 0.170. The van der Waals surface area contributed by atoms with E-state index in [9.17, 15) is 4.79 Å². The summed E-state index contributed by atoms with van der Waals surface area (Å²) >= 11 is 0.